The van der Waals surface area contributed by atoms with Crippen LogP contribution >= 0.6 is 11.8 Å². The molecule has 0 radical (unpaired) electrons. The summed E-state index contributed by atoms with van der Waals surface area (Å²) in [5.41, 5.74) is 1.56. The molecule has 0 aromatic heterocycles. The highest BCUT2D eigenvalue weighted by Gasteiger charge is 2.38. The maximum Gasteiger partial charge on any atom is 0.408 e. The van der Waals surface area contributed by atoms with Crippen LogP contribution in [0.3, 0.4) is 0 Å². The van der Waals surface area contributed by atoms with Crippen LogP contribution in [0.1, 0.15) is 96.9 Å². The molecule has 0 fully saturated rings. The van der Waals surface area contributed by atoms with Gasteiger partial charge in [-0.25, -0.2) is 4.79 Å². The number of amides is 3. The SMILES string of the molecule is CCCCCN(C(=O)C(CCSC)NC(=O)OC(C)(C)C)C(C(=O)NC(C)(C)C)c1c(C)cccc1C. The van der Waals surface area contributed by atoms with Crippen molar-refractivity contribution in [3.63, 3.8) is 0 Å². The molecule has 0 aliphatic carbocycles. The van der Waals surface area contributed by atoms with E-state index in [1.54, 1.807) is 37.4 Å². The first-order valence-electron chi connectivity index (χ1n) is 13.3. The minimum atomic E-state index is -0.818. The fourth-order valence-electron chi connectivity index (χ4n) is 4.17. The van der Waals surface area contributed by atoms with Crippen molar-refractivity contribution in [2.24, 2.45) is 0 Å². The Morgan fingerprint density at radius 3 is 2.11 bits per heavy atom. The molecule has 2 unspecified atom stereocenters. The molecule has 37 heavy (non-hydrogen) atoms. The molecule has 0 saturated heterocycles. The lowest BCUT2D eigenvalue weighted by Crippen LogP contribution is -2.55. The number of nitrogens with zero attached hydrogens (tertiary/aromatic N) is 1. The number of benzene rings is 1. The second kappa shape index (κ2) is 14.6. The van der Waals surface area contributed by atoms with Crippen LogP contribution in [0.25, 0.3) is 0 Å². The highest BCUT2D eigenvalue weighted by molar-refractivity contribution is 7.98. The molecule has 0 aliphatic heterocycles. The van der Waals surface area contributed by atoms with Crippen LogP contribution in [0.2, 0.25) is 0 Å². The summed E-state index contributed by atoms with van der Waals surface area (Å²) in [5, 5.41) is 5.91. The molecule has 2 N–H and O–H groups in total. The molecular weight excluding hydrogens is 486 g/mol. The van der Waals surface area contributed by atoms with Gasteiger partial charge in [-0.15, -0.1) is 0 Å². The van der Waals surface area contributed by atoms with Gasteiger partial charge in [0.05, 0.1) is 0 Å². The minimum Gasteiger partial charge on any atom is -0.444 e. The average Bonchev–Trinajstić information content (AvgIpc) is 2.74. The third-order valence-electron chi connectivity index (χ3n) is 5.76. The molecule has 0 saturated carbocycles. The van der Waals surface area contributed by atoms with Crippen molar-refractivity contribution in [1.82, 2.24) is 15.5 Å². The number of aryl methyl sites for hydroxylation is 2. The van der Waals surface area contributed by atoms with Crippen LogP contribution < -0.4 is 10.6 Å². The Hall–Kier alpha value is -2.22. The zero-order valence-corrected chi connectivity index (χ0v) is 25.4. The van der Waals surface area contributed by atoms with Crippen molar-refractivity contribution in [1.29, 1.82) is 0 Å². The van der Waals surface area contributed by atoms with E-state index in [4.69, 9.17) is 4.74 Å². The number of unbranched alkanes of at least 4 members (excludes halogenated alkanes) is 2. The van der Waals surface area contributed by atoms with Gasteiger partial charge in [-0.2, -0.15) is 11.8 Å². The number of carbonyl (C=O) groups is 3. The first-order valence-corrected chi connectivity index (χ1v) is 14.7. The molecule has 1 aromatic rings. The molecule has 3 amide bonds. The Morgan fingerprint density at radius 1 is 1.03 bits per heavy atom. The smallest absolute Gasteiger partial charge is 0.408 e. The van der Waals surface area contributed by atoms with E-state index in [0.29, 0.717) is 18.7 Å². The van der Waals surface area contributed by atoms with Gasteiger partial charge in [0.2, 0.25) is 11.8 Å². The van der Waals surface area contributed by atoms with E-state index < -0.39 is 29.3 Å². The fourth-order valence-corrected chi connectivity index (χ4v) is 4.64. The average molecular weight is 536 g/mol. The number of carbonyl (C=O) groups excluding carboxylic acids is 3. The maximum absolute atomic E-state index is 14.2. The van der Waals surface area contributed by atoms with Gasteiger partial charge in [-0.05, 0) is 96.9 Å². The summed E-state index contributed by atoms with van der Waals surface area (Å²) in [5.74, 6) is 0.181. The van der Waals surface area contributed by atoms with Gasteiger partial charge >= 0.3 is 6.09 Å². The van der Waals surface area contributed by atoms with Crippen LogP contribution in [-0.2, 0) is 14.3 Å². The summed E-state index contributed by atoms with van der Waals surface area (Å²) in [6.45, 7) is 17.6. The minimum absolute atomic E-state index is 0.226. The zero-order chi connectivity index (χ0) is 28.4. The van der Waals surface area contributed by atoms with Gasteiger partial charge < -0.3 is 20.3 Å². The number of rotatable bonds is 12. The van der Waals surface area contributed by atoms with Crippen molar-refractivity contribution in [2.75, 3.05) is 18.6 Å². The molecule has 0 heterocycles. The van der Waals surface area contributed by atoms with E-state index >= 15 is 0 Å². The lowest BCUT2D eigenvalue weighted by molar-refractivity contribution is -0.143. The second-order valence-corrected chi connectivity index (χ2v) is 12.7. The van der Waals surface area contributed by atoms with Gasteiger partial charge in [-0.1, -0.05) is 38.0 Å². The van der Waals surface area contributed by atoms with Gasteiger partial charge in [0.25, 0.3) is 0 Å². The second-order valence-electron chi connectivity index (χ2n) is 11.7. The predicted molar refractivity (Wildman–Crippen MR) is 154 cm³/mol. The van der Waals surface area contributed by atoms with Gasteiger partial charge in [0.15, 0.2) is 0 Å². The van der Waals surface area contributed by atoms with Crippen LogP contribution in [0.15, 0.2) is 18.2 Å². The molecule has 210 valence electrons. The van der Waals surface area contributed by atoms with Crippen molar-refractivity contribution in [3.8, 4) is 0 Å². The Balaban J connectivity index is 3.60. The third kappa shape index (κ3) is 11.4. The Morgan fingerprint density at radius 2 is 1.62 bits per heavy atom. The number of nitrogens with one attached hydrogen (secondary N) is 2. The quantitative estimate of drug-likeness (QED) is 0.324. The number of ether oxygens (including phenoxy) is 1. The largest absolute Gasteiger partial charge is 0.444 e. The summed E-state index contributed by atoms with van der Waals surface area (Å²) in [4.78, 5) is 42.5. The van der Waals surface area contributed by atoms with Crippen molar-refractivity contribution in [3.05, 3.63) is 34.9 Å². The summed E-state index contributed by atoms with van der Waals surface area (Å²) >= 11 is 1.60. The Bertz CT molecular complexity index is 885. The van der Waals surface area contributed by atoms with E-state index in [1.807, 2.05) is 59.1 Å². The van der Waals surface area contributed by atoms with Crippen molar-refractivity contribution in [2.45, 2.75) is 111 Å². The van der Waals surface area contributed by atoms with Gasteiger partial charge in [-0.3, -0.25) is 9.59 Å². The summed E-state index contributed by atoms with van der Waals surface area (Å²) in [7, 11) is 0. The summed E-state index contributed by atoms with van der Waals surface area (Å²) in [6.07, 6.45) is 4.43. The number of hydrogen-bond acceptors (Lipinski definition) is 5. The molecule has 7 nitrogen and oxygen atoms in total. The third-order valence-corrected chi connectivity index (χ3v) is 6.40. The molecule has 1 rings (SSSR count). The van der Waals surface area contributed by atoms with Crippen molar-refractivity contribution >= 4 is 29.7 Å². The first kappa shape index (κ1) is 32.8. The van der Waals surface area contributed by atoms with Gasteiger partial charge in [0.1, 0.15) is 17.7 Å². The van der Waals surface area contributed by atoms with Crippen LogP contribution in [0.5, 0.6) is 0 Å². The highest BCUT2D eigenvalue weighted by atomic mass is 32.2. The molecule has 0 spiro atoms. The van der Waals surface area contributed by atoms with Gasteiger partial charge in [0, 0.05) is 12.1 Å². The number of alkyl carbamates (subject to hydrolysis) is 1. The first-order chi connectivity index (χ1) is 17.1. The van der Waals surface area contributed by atoms with E-state index in [2.05, 4.69) is 17.6 Å². The number of thioether (sulfide) groups is 1. The molecule has 1 aromatic carbocycles. The molecular formula is C29H49N3O4S. The normalized spacial score (nSPS) is 13.5. The predicted octanol–water partition coefficient (Wildman–Crippen LogP) is 5.92. The topological polar surface area (TPSA) is 87.7 Å². The molecule has 0 aliphatic rings. The van der Waals surface area contributed by atoms with Crippen molar-refractivity contribution < 1.29 is 19.1 Å². The molecule has 8 heteroatoms. The lowest BCUT2D eigenvalue weighted by atomic mass is 9.92. The Kier molecular flexibility index (Phi) is 13.0. The van der Waals surface area contributed by atoms with Crippen LogP contribution in [0.4, 0.5) is 4.79 Å². The van der Waals surface area contributed by atoms with Crippen LogP contribution in [0, 0.1) is 13.8 Å². The number of hydrogen-bond donors (Lipinski definition) is 2. The fraction of sp³-hybridized carbons (Fsp3) is 0.690. The highest BCUT2D eigenvalue weighted by Crippen LogP contribution is 2.30. The monoisotopic (exact) mass is 535 g/mol. The summed E-state index contributed by atoms with van der Waals surface area (Å²) in [6, 6.07) is 4.28. The maximum atomic E-state index is 14.2. The lowest BCUT2D eigenvalue weighted by Gasteiger charge is -2.37. The summed E-state index contributed by atoms with van der Waals surface area (Å²) < 4.78 is 5.47. The van der Waals surface area contributed by atoms with E-state index in [-0.39, 0.29) is 11.8 Å². The standard InChI is InChI=1S/C29H49N3O4S/c1-11-12-13-18-32(26(34)22(17-19-37-10)30-27(35)36-29(7,8)9)24(25(33)31-28(4,5)6)23-20(2)15-14-16-21(23)3/h14-16,22,24H,11-13,17-19H2,1-10H3,(H,30,35)(H,31,33). The zero-order valence-electron chi connectivity index (χ0n) is 24.6. The molecule has 0 bridgehead atoms. The van der Waals surface area contributed by atoms with E-state index in [9.17, 15) is 14.4 Å². The Labute approximate surface area is 228 Å². The molecule has 2 atom stereocenters. The van der Waals surface area contributed by atoms with E-state index in [1.165, 1.54) is 0 Å². The van der Waals surface area contributed by atoms with E-state index in [0.717, 1.165) is 36.0 Å². The van der Waals surface area contributed by atoms with Crippen LogP contribution in [-0.4, -0.2) is 58.5 Å².